The second-order valence-corrected chi connectivity index (χ2v) is 10.6. The molecule has 0 atom stereocenters. The lowest BCUT2D eigenvalue weighted by molar-refractivity contribution is -0.146. The van der Waals surface area contributed by atoms with Gasteiger partial charge in [-0.15, -0.1) is 0 Å². The van der Waals surface area contributed by atoms with Gasteiger partial charge in [-0.3, -0.25) is 4.79 Å². The lowest BCUT2D eigenvalue weighted by Gasteiger charge is -2.35. The van der Waals surface area contributed by atoms with Crippen molar-refractivity contribution in [1.82, 2.24) is 9.87 Å². The first-order chi connectivity index (χ1) is 17.5. The fourth-order valence-electron chi connectivity index (χ4n) is 4.95. The van der Waals surface area contributed by atoms with Crippen LogP contribution in [-0.2, 0) is 19.7 Å². The van der Waals surface area contributed by atoms with Gasteiger partial charge in [0.2, 0.25) is 0 Å². The molecule has 0 spiro atoms. The zero-order chi connectivity index (χ0) is 25.1. The third-order valence-corrected chi connectivity index (χ3v) is 8.03. The highest BCUT2D eigenvalue weighted by atomic mass is 32.2. The molecule has 1 saturated heterocycles. The first-order valence-electron chi connectivity index (χ1n) is 12.2. The summed E-state index contributed by atoms with van der Waals surface area (Å²) in [4.78, 5) is 24.1. The molecular weight excluding hydrogens is 474 g/mol. The van der Waals surface area contributed by atoms with E-state index in [0.29, 0.717) is 11.5 Å². The number of aromatic amines is 1. The van der Waals surface area contributed by atoms with Crippen LogP contribution < -0.4 is 9.79 Å². The highest BCUT2D eigenvalue weighted by Gasteiger charge is 2.29. The number of rotatable bonds is 7. The summed E-state index contributed by atoms with van der Waals surface area (Å²) in [6.07, 6.45) is 3.85. The lowest BCUT2D eigenvalue weighted by Crippen LogP contribution is -2.34. The molecule has 7 nitrogen and oxygen atoms in total. The summed E-state index contributed by atoms with van der Waals surface area (Å²) in [6.45, 7) is 3.21. The van der Waals surface area contributed by atoms with E-state index in [0.717, 1.165) is 48.1 Å². The van der Waals surface area contributed by atoms with Crippen molar-refractivity contribution in [3.63, 3.8) is 0 Å². The number of anilines is 1. The molecule has 0 aliphatic carbocycles. The number of carbonyl (C=O) groups is 1. The van der Waals surface area contributed by atoms with Gasteiger partial charge in [0.05, 0.1) is 4.90 Å². The molecule has 1 fully saturated rings. The van der Waals surface area contributed by atoms with Crippen molar-refractivity contribution in [3.05, 3.63) is 84.6 Å². The maximum Gasteiger partial charge on any atom is 0.325 e. The highest BCUT2D eigenvalue weighted by Crippen LogP contribution is 2.42. The van der Waals surface area contributed by atoms with Gasteiger partial charge in [-0.05, 0) is 47.4 Å². The van der Waals surface area contributed by atoms with Gasteiger partial charge in [0.1, 0.15) is 0 Å². The smallest absolute Gasteiger partial charge is 0.325 e. The zero-order valence-corrected chi connectivity index (χ0v) is 20.9. The van der Waals surface area contributed by atoms with E-state index in [1.165, 1.54) is 5.56 Å². The Hall–Kier alpha value is -3.62. The Kier molecular flexibility index (Phi) is 6.80. The number of benzene rings is 3. The first-order valence-corrected chi connectivity index (χ1v) is 13.7. The predicted octanol–water partition coefficient (Wildman–Crippen LogP) is 5.37. The SMILES string of the molecule is CCC(=O)ONS(=O)(=O)c1cccc(N2CCC(c3ccccc3)CC2)c1-c1c[nH]c2ccccc12. The number of hydrogen-bond donors (Lipinski definition) is 2. The van der Waals surface area contributed by atoms with Gasteiger partial charge in [-0.25, -0.2) is 8.42 Å². The molecule has 2 heterocycles. The zero-order valence-electron chi connectivity index (χ0n) is 20.1. The van der Waals surface area contributed by atoms with E-state index in [9.17, 15) is 13.2 Å². The number of sulfonamides is 1. The fourth-order valence-corrected chi connectivity index (χ4v) is 5.99. The molecule has 186 valence electrons. The number of para-hydroxylation sites is 1. The summed E-state index contributed by atoms with van der Waals surface area (Å²) >= 11 is 0. The quantitative estimate of drug-likeness (QED) is 0.331. The average molecular weight is 504 g/mol. The Balaban J connectivity index is 1.56. The lowest BCUT2D eigenvalue weighted by atomic mass is 9.89. The maximum atomic E-state index is 13.4. The van der Waals surface area contributed by atoms with E-state index in [-0.39, 0.29) is 11.3 Å². The molecule has 1 aromatic heterocycles. The molecular formula is C28H29N3O4S. The van der Waals surface area contributed by atoms with Crippen LogP contribution in [0.2, 0.25) is 0 Å². The standard InChI is InChI=1S/C28H29N3O4S/c1-2-27(32)35-30-36(33,34)26-14-8-13-25(28(26)23-19-29-24-12-7-6-11-22(23)24)31-17-15-21(16-18-31)20-9-4-3-5-10-20/h3-14,19,21,29-30H,2,15-18H2,1H3. The first kappa shape index (κ1) is 24.1. The maximum absolute atomic E-state index is 13.4. The number of nitrogens with zero attached hydrogens (tertiary/aromatic N) is 1. The molecule has 36 heavy (non-hydrogen) atoms. The molecule has 5 rings (SSSR count). The monoisotopic (exact) mass is 503 g/mol. The molecule has 0 radical (unpaired) electrons. The summed E-state index contributed by atoms with van der Waals surface area (Å²) < 4.78 is 26.7. The number of nitrogens with one attached hydrogen (secondary N) is 2. The second kappa shape index (κ2) is 10.2. The van der Waals surface area contributed by atoms with Crippen LogP contribution >= 0.6 is 0 Å². The van der Waals surface area contributed by atoms with Crippen molar-refractivity contribution in [1.29, 1.82) is 0 Å². The summed E-state index contributed by atoms with van der Waals surface area (Å²) in [5, 5.41) is 0.922. The normalized spacial score (nSPS) is 14.8. The second-order valence-electron chi connectivity index (χ2n) is 8.98. The van der Waals surface area contributed by atoms with Gasteiger partial charge >= 0.3 is 5.97 Å². The third-order valence-electron chi connectivity index (χ3n) is 6.81. The van der Waals surface area contributed by atoms with Crippen molar-refractivity contribution in [3.8, 4) is 11.1 Å². The third kappa shape index (κ3) is 4.74. The van der Waals surface area contributed by atoms with Crippen LogP contribution in [0.5, 0.6) is 0 Å². The number of carbonyl (C=O) groups excluding carboxylic acids is 1. The largest absolute Gasteiger partial charge is 0.371 e. The van der Waals surface area contributed by atoms with Crippen LogP contribution in [0.1, 0.15) is 37.7 Å². The molecule has 0 amide bonds. The summed E-state index contributed by atoms with van der Waals surface area (Å²) in [5.74, 6) is -0.174. The van der Waals surface area contributed by atoms with Gasteiger partial charge in [0, 0.05) is 53.4 Å². The van der Waals surface area contributed by atoms with Crippen LogP contribution in [-0.4, -0.2) is 32.5 Å². The van der Waals surface area contributed by atoms with Crippen molar-refractivity contribution in [2.75, 3.05) is 18.0 Å². The molecule has 4 aromatic rings. The number of hydrogen-bond acceptors (Lipinski definition) is 5. The summed E-state index contributed by atoms with van der Waals surface area (Å²) in [6, 6.07) is 23.6. The minimum absolute atomic E-state index is 0.0637. The van der Waals surface area contributed by atoms with E-state index in [4.69, 9.17) is 4.84 Å². The van der Waals surface area contributed by atoms with E-state index < -0.39 is 16.0 Å². The predicted molar refractivity (Wildman–Crippen MR) is 141 cm³/mol. The van der Waals surface area contributed by atoms with Crippen LogP contribution in [0.15, 0.2) is 83.9 Å². The Bertz CT molecular complexity index is 1470. The Morgan fingerprint density at radius 2 is 1.72 bits per heavy atom. The van der Waals surface area contributed by atoms with Crippen LogP contribution in [0.25, 0.3) is 22.0 Å². The molecule has 1 aliphatic rings. The van der Waals surface area contributed by atoms with Crippen molar-refractivity contribution in [2.45, 2.75) is 37.0 Å². The van der Waals surface area contributed by atoms with Crippen molar-refractivity contribution in [2.24, 2.45) is 0 Å². The Labute approximate surface area is 211 Å². The van der Waals surface area contributed by atoms with E-state index in [2.05, 4.69) is 34.1 Å². The molecule has 0 bridgehead atoms. The van der Waals surface area contributed by atoms with Gasteiger partial charge in [0.25, 0.3) is 10.0 Å². The number of H-pyrrole nitrogens is 1. The van der Waals surface area contributed by atoms with Gasteiger partial charge in [-0.2, -0.15) is 0 Å². The Morgan fingerprint density at radius 1 is 1.00 bits per heavy atom. The topological polar surface area (TPSA) is 91.5 Å². The number of piperidine rings is 1. The minimum Gasteiger partial charge on any atom is -0.371 e. The minimum atomic E-state index is -4.14. The van der Waals surface area contributed by atoms with E-state index in [1.54, 1.807) is 19.1 Å². The van der Waals surface area contributed by atoms with E-state index >= 15 is 0 Å². The van der Waals surface area contributed by atoms with Crippen LogP contribution in [0, 0.1) is 0 Å². The Morgan fingerprint density at radius 3 is 2.47 bits per heavy atom. The van der Waals surface area contributed by atoms with Gasteiger partial charge in [-0.1, -0.05) is 61.5 Å². The number of aromatic nitrogens is 1. The van der Waals surface area contributed by atoms with Gasteiger partial charge in [0.15, 0.2) is 0 Å². The molecule has 0 saturated carbocycles. The summed E-state index contributed by atoms with van der Waals surface area (Å²) in [5.41, 5.74) is 4.48. The van der Waals surface area contributed by atoms with Crippen LogP contribution in [0.4, 0.5) is 5.69 Å². The van der Waals surface area contributed by atoms with Crippen molar-refractivity contribution < 1.29 is 18.0 Å². The van der Waals surface area contributed by atoms with Crippen molar-refractivity contribution >= 4 is 32.6 Å². The molecule has 8 heteroatoms. The number of fused-ring (bicyclic) bond motifs is 1. The van der Waals surface area contributed by atoms with E-state index in [1.807, 2.05) is 47.5 Å². The fraction of sp³-hybridized carbons (Fsp3) is 0.250. The molecule has 3 aromatic carbocycles. The molecule has 1 aliphatic heterocycles. The molecule has 0 unspecified atom stereocenters. The highest BCUT2D eigenvalue weighted by molar-refractivity contribution is 7.89. The summed E-state index contributed by atoms with van der Waals surface area (Å²) in [7, 11) is -4.14. The molecule has 2 N–H and O–H groups in total. The van der Waals surface area contributed by atoms with Crippen LogP contribution in [0.3, 0.4) is 0 Å². The van der Waals surface area contributed by atoms with Gasteiger partial charge < -0.3 is 14.7 Å². The average Bonchev–Trinajstić information content (AvgIpc) is 3.36.